The highest BCUT2D eigenvalue weighted by atomic mass is 16.2. The van der Waals surface area contributed by atoms with Crippen LogP contribution in [0.2, 0.25) is 0 Å². The molecule has 96 valence electrons. The molecule has 4 nitrogen and oxygen atoms in total. The molecular formula is C14H19N3O. The fourth-order valence-electron chi connectivity index (χ4n) is 3.23. The first-order chi connectivity index (χ1) is 8.58. The molecule has 1 aromatic carbocycles. The van der Waals surface area contributed by atoms with Gasteiger partial charge >= 0.3 is 0 Å². The lowest BCUT2D eigenvalue weighted by atomic mass is 10.00. The molecule has 1 N–H and O–H groups in total. The number of anilines is 2. The molecule has 0 saturated carbocycles. The average molecular weight is 245 g/mol. The number of hydrogen-bond donors (Lipinski definition) is 1. The van der Waals surface area contributed by atoms with Crippen LogP contribution in [-0.4, -0.2) is 38.6 Å². The van der Waals surface area contributed by atoms with E-state index in [2.05, 4.69) is 43.2 Å². The van der Waals surface area contributed by atoms with Gasteiger partial charge < -0.3 is 15.1 Å². The molecule has 1 unspecified atom stereocenters. The number of carbonyl (C=O) groups is 1. The third kappa shape index (κ3) is 1.60. The Balaban J connectivity index is 2.17. The van der Waals surface area contributed by atoms with Crippen molar-refractivity contribution in [3.8, 4) is 0 Å². The van der Waals surface area contributed by atoms with Gasteiger partial charge in [0.15, 0.2) is 0 Å². The van der Waals surface area contributed by atoms with Gasteiger partial charge in [0.25, 0.3) is 0 Å². The Hall–Kier alpha value is -1.55. The molecule has 0 aliphatic carbocycles. The van der Waals surface area contributed by atoms with Crippen molar-refractivity contribution >= 4 is 17.3 Å². The molecule has 1 saturated heterocycles. The lowest BCUT2D eigenvalue weighted by Crippen LogP contribution is -2.61. The first-order valence-electron chi connectivity index (χ1n) is 6.43. The van der Waals surface area contributed by atoms with Crippen LogP contribution in [0.3, 0.4) is 0 Å². The van der Waals surface area contributed by atoms with Crippen LogP contribution in [0.1, 0.15) is 11.1 Å². The number of benzene rings is 1. The number of fused-ring (bicyclic) bond motifs is 3. The topological polar surface area (TPSA) is 35.6 Å². The third-order valence-electron chi connectivity index (χ3n) is 3.84. The summed E-state index contributed by atoms with van der Waals surface area (Å²) in [7, 11) is 2.11. The van der Waals surface area contributed by atoms with Crippen LogP contribution < -0.4 is 15.1 Å². The number of piperazine rings is 1. The summed E-state index contributed by atoms with van der Waals surface area (Å²) in [5.41, 5.74) is 4.74. The summed E-state index contributed by atoms with van der Waals surface area (Å²) in [6.07, 6.45) is 0. The molecule has 3 rings (SSSR count). The SMILES string of the molecule is Cc1cc(C)c2c(c1)N1C(=O)CNCC1CN2C. The molecule has 0 radical (unpaired) electrons. The number of likely N-dealkylation sites (N-methyl/N-ethyl adjacent to an activating group) is 1. The van der Waals surface area contributed by atoms with E-state index >= 15 is 0 Å². The third-order valence-corrected chi connectivity index (χ3v) is 3.84. The number of carbonyl (C=O) groups excluding carboxylic acids is 1. The Morgan fingerprint density at radius 1 is 1.33 bits per heavy atom. The van der Waals surface area contributed by atoms with Gasteiger partial charge in [-0.1, -0.05) is 6.07 Å². The monoisotopic (exact) mass is 245 g/mol. The van der Waals surface area contributed by atoms with E-state index in [0.29, 0.717) is 6.54 Å². The molecule has 1 aromatic rings. The fraction of sp³-hybridized carbons (Fsp3) is 0.500. The van der Waals surface area contributed by atoms with Gasteiger partial charge in [0.1, 0.15) is 0 Å². The van der Waals surface area contributed by atoms with Crippen molar-refractivity contribution < 1.29 is 4.79 Å². The van der Waals surface area contributed by atoms with Crippen molar-refractivity contribution in [3.63, 3.8) is 0 Å². The number of amides is 1. The van der Waals surface area contributed by atoms with Gasteiger partial charge in [-0.25, -0.2) is 0 Å². The van der Waals surface area contributed by atoms with Crippen molar-refractivity contribution in [2.24, 2.45) is 0 Å². The van der Waals surface area contributed by atoms with E-state index < -0.39 is 0 Å². The van der Waals surface area contributed by atoms with E-state index in [-0.39, 0.29) is 11.9 Å². The summed E-state index contributed by atoms with van der Waals surface area (Å²) in [6.45, 7) is 6.43. The summed E-state index contributed by atoms with van der Waals surface area (Å²) in [5.74, 6) is 0.186. The van der Waals surface area contributed by atoms with Crippen LogP contribution in [0, 0.1) is 13.8 Å². The van der Waals surface area contributed by atoms with Gasteiger partial charge in [-0.15, -0.1) is 0 Å². The van der Waals surface area contributed by atoms with Crippen LogP contribution in [0.4, 0.5) is 11.4 Å². The van der Waals surface area contributed by atoms with Crippen LogP contribution >= 0.6 is 0 Å². The number of hydrogen-bond acceptors (Lipinski definition) is 3. The Morgan fingerprint density at radius 2 is 2.11 bits per heavy atom. The highest BCUT2D eigenvalue weighted by Crippen LogP contribution is 2.38. The molecular weight excluding hydrogens is 226 g/mol. The summed E-state index contributed by atoms with van der Waals surface area (Å²) in [5, 5.41) is 3.20. The van der Waals surface area contributed by atoms with Crippen molar-refractivity contribution in [3.05, 3.63) is 23.3 Å². The molecule has 0 bridgehead atoms. The van der Waals surface area contributed by atoms with Gasteiger partial charge in [-0.2, -0.15) is 0 Å². The largest absolute Gasteiger partial charge is 0.371 e. The zero-order valence-corrected chi connectivity index (χ0v) is 11.2. The maximum Gasteiger partial charge on any atom is 0.241 e. The minimum Gasteiger partial charge on any atom is -0.371 e. The maximum absolute atomic E-state index is 12.2. The summed E-state index contributed by atoms with van der Waals surface area (Å²) >= 11 is 0. The Bertz CT molecular complexity index is 512. The average Bonchev–Trinajstić information content (AvgIpc) is 2.27. The van der Waals surface area contributed by atoms with Gasteiger partial charge in [-0.05, 0) is 31.0 Å². The quantitative estimate of drug-likeness (QED) is 0.742. The van der Waals surface area contributed by atoms with Gasteiger partial charge in [0.2, 0.25) is 5.91 Å². The second-order valence-electron chi connectivity index (χ2n) is 5.38. The Morgan fingerprint density at radius 3 is 2.89 bits per heavy atom. The Kier molecular flexibility index (Phi) is 2.55. The lowest BCUT2D eigenvalue weighted by Gasteiger charge is -2.45. The van der Waals surface area contributed by atoms with Crippen molar-refractivity contribution in [2.75, 3.05) is 36.5 Å². The van der Waals surface area contributed by atoms with E-state index in [4.69, 9.17) is 0 Å². The van der Waals surface area contributed by atoms with Crippen LogP contribution in [0.15, 0.2) is 12.1 Å². The van der Waals surface area contributed by atoms with E-state index in [1.54, 1.807) is 0 Å². The first kappa shape index (κ1) is 11.5. The van der Waals surface area contributed by atoms with Crippen molar-refractivity contribution in [1.29, 1.82) is 0 Å². The molecule has 2 heterocycles. The molecule has 2 aliphatic heterocycles. The Labute approximate surface area is 108 Å². The van der Waals surface area contributed by atoms with Crippen LogP contribution in [0.5, 0.6) is 0 Å². The highest BCUT2D eigenvalue weighted by Gasteiger charge is 2.36. The summed E-state index contributed by atoms with van der Waals surface area (Å²) in [6, 6.07) is 4.57. The minimum atomic E-state index is 0.186. The molecule has 1 atom stereocenters. The van der Waals surface area contributed by atoms with Crippen LogP contribution in [0.25, 0.3) is 0 Å². The number of aryl methyl sites for hydroxylation is 2. The lowest BCUT2D eigenvalue weighted by molar-refractivity contribution is -0.119. The van der Waals surface area contributed by atoms with Gasteiger partial charge in [0.05, 0.1) is 24.0 Å². The predicted molar refractivity (Wildman–Crippen MR) is 73.3 cm³/mol. The van der Waals surface area contributed by atoms with Crippen molar-refractivity contribution in [1.82, 2.24) is 5.32 Å². The molecule has 0 spiro atoms. The molecule has 1 amide bonds. The molecule has 4 heteroatoms. The minimum absolute atomic E-state index is 0.186. The second kappa shape index (κ2) is 3.99. The van der Waals surface area contributed by atoms with Gasteiger partial charge in [-0.3, -0.25) is 4.79 Å². The van der Waals surface area contributed by atoms with E-state index in [1.165, 1.54) is 16.8 Å². The zero-order valence-electron chi connectivity index (χ0n) is 11.2. The summed E-state index contributed by atoms with van der Waals surface area (Å²) in [4.78, 5) is 16.4. The highest BCUT2D eigenvalue weighted by molar-refractivity contribution is 6.01. The van der Waals surface area contributed by atoms with E-state index in [9.17, 15) is 4.79 Å². The van der Waals surface area contributed by atoms with Gasteiger partial charge in [0, 0.05) is 20.1 Å². The summed E-state index contributed by atoms with van der Waals surface area (Å²) < 4.78 is 0. The molecule has 0 aromatic heterocycles. The molecule has 2 aliphatic rings. The standard InChI is InChI=1S/C14H19N3O/c1-9-4-10(2)14-12(5-9)17-11(8-16(14)3)6-15-7-13(17)18/h4-5,11,15H,6-8H2,1-3H3. The van der Waals surface area contributed by atoms with E-state index in [0.717, 1.165) is 18.8 Å². The number of nitrogens with one attached hydrogen (secondary N) is 1. The zero-order chi connectivity index (χ0) is 12.9. The van der Waals surface area contributed by atoms with Crippen molar-refractivity contribution in [2.45, 2.75) is 19.9 Å². The van der Waals surface area contributed by atoms with E-state index in [1.807, 2.05) is 4.90 Å². The molecule has 1 fully saturated rings. The normalized spacial score (nSPS) is 22.8. The number of nitrogens with zero attached hydrogens (tertiary/aromatic N) is 2. The maximum atomic E-state index is 12.2. The second-order valence-corrected chi connectivity index (χ2v) is 5.38. The first-order valence-corrected chi connectivity index (χ1v) is 6.43. The predicted octanol–water partition coefficient (Wildman–Crippen LogP) is 1.06. The molecule has 18 heavy (non-hydrogen) atoms. The fourth-order valence-corrected chi connectivity index (χ4v) is 3.23. The van der Waals surface area contributed by atoms with Crippen LogP contribution in [-0.2, 0) is 4.79 Å². The number of rotatable bonds is 0. The smallest absolute Gasteiger partial charge is 0.241 e.